The first-order chi connectivity index (χ1) is 10.3. The summed E-state index contributed by atoms with van der Waals surface area (Å²) >= 11 is 0. The molecule has 21 heavy (non-hydrogen) atoms. The van der Waals surface area contributed by atoms with E-state index in [9.17, 15) is 4.39 Å². The minimum Gasteiger partial charge on any atom is -0.457 e. The molecule has 0 unspecified atom stereocenters. The summed E-state index contributed by atoms with van der Waals surface area (Å²) in [6, 6.07) is 10.9. The topological polar surface area (TPSA) is 21.3 Å². The summed E-state index contributed by atoms with van der Waals surface area (Å²) in [6.45, 7) is 0.581. The van der Waals surface area contributed by atoms with Gasteiger partial charge in [0.2, 0.25) is 0 Å². The quantitative estimate of drug-likeness (QED) is 0.908. The maximum absolute atomic E-state index is 13.4. The van der Waals surface area contributed by atoms with Crippen molar-refractivity contribution in [3.05, 3.63) is 58.9 Å². The van der Waals surface area contributed by atoms with Crippen LogP contribution in [0.4, 0.5) is 4.39 Å². The number of ether oxygens (including phenoxy) is 1. The molecule has 3 rings (SSSR count). The van der Waals surface area contributed by atoms with Gasteiger partial charge in [0.25, 0.3) is 0 Å². The van der Waals surface area contributed by atoms with Crippen molar-refractivity contribution in [2.45, 2.75) is 32.2 Å². The minimum absolute atomic E-state index is 0.238. The molecule has 0 saturated heterocycles. The average Bonchev–Trinajstić information content (AvgIpc) is 2.50. The molecule has 1 aliphatic carbocycles. The third kappa shape index (κ3) is 3.24. The maximum atomic E-state index is 13.4. The maximum Gasteiger partial charge on any atom is 0.132 e. The minimum atomic E-state index is -0.238. The van der Waals surface area contributed by atoms with Crippen LogP contribution in [-0.4, -0.2) is 7.05 Å². The molecule has 2 aromatic rings. The largest absolute Gasteiger partial charge is 0.457 e. The van der Waals surface area contributed by atoms with E-state index in [1.54, 1.807) is 6.07 Å². The first-order valence-corrected chi connectivity index (χ1v) is 7.49. The van der Waals surface area contributed by atoms with Gasteiger partial charge in [0, 0.05) is 12.1 Å². The molecule has 110 valence electrons. The molecule has 0 radical (unpaired) electrons. The Labute approximate surface area is 125 Å². The predicted octanol–water partition coefficient (Wildman–Crippen LogP) is 4.22. The molecule has 0 heterocycles. The summed E-state index contributed by atoms with van der Waals surface area (Å²) in [5.41, 5.74) is 3.65. The lowest BCUT2D eigenvalue weighted by Crippen LogP contribution is -2.07. The van der Waals surface area contributed by atoms with Gasteiger partial charge in [-0.3, -0.25) is 0 Å². The highest BCUT2D eigenvalue weighted by molar-refractivity contribution is 5.42. The lowest BCUT2D eigenvalue weighted by Gasteiger charge is -2.17. The van der Waals surface area contributed by atoms with Gasteiger partial charge in [-0.1, -0.05) is 6.07 Å². The highest BCUT2D eigenvalue weighted by atomic mass is 19.1. The zero-order chi connectivity index (χ0) is 14.7. The SMILES string of the molecule is CNCc1cc(F)ccc1Oc1ccc2c(c1)CCCC2. The Hall–Kier alpha value is -1.87. The van der Waals surface area contributed by atoms with E-state index >= 15 is 0 Å². The second-order valence-electron chi connectivity index (χ2n) is 5.52. The fourth-order valence-corrected chi connectivity index (χ4v) is 2.88. The van der Waals surface area contributed by atoms with Gasteiger partial charge in [0.1, 0.15) is 17.3 Å². The molecule has 0 bridgehead atoms. The normalized spacial score (nSPS) is 13.8. The van der Waals surface area contributed by atoms with Crippen molar-refractivity contribution >= 4 is 0 Å². The van der Waals surface area contributed by atoms with Gasteiger partial charge in [-0.05, 0) is 74.2 Å². The van der Waals surface area contributed by atoms with Crippen LogP contribution in [0.2, 0.25) is 0 Å². The van der Waals surface area contributed by atoms with Crippen LogP contribution in [0.25, 0.3) is 0 Å². The molecule has 1 N–H and O–H groups in total. The lowest BCUT2D eigenvalue weighted by atomic mass is 9.92. The average molecular weight is 285 g/mol. The van der Waals surface area contributed by atoms with Gasteiger partial charge in [0.05, 0.1) is 0 Å². The molecular formula is C18H20FNO. The Balaban J connectivity index is 1.86. The molecule has 1 aliphatic rings. The molecule has 0 aliphatic heterocycles. The number of fused-ring (bicyclic) bond motifs is 1. The third-order valence-corrected chi connectivity index (χ3v) is 3.94. The number of rotatable bonds is 4. The Kier molecular flexibility index (Phi) is 4.20. The number of halogens is 1. The van der Waals surface area contributed by atoms with E-state index in [2.05, 4.69) is 17.4 Å². The van der Waals surface area contributed by atoms with Crippen molar-refractivity contribution in [1.82, 2.24) is 5.32 Å². The Morgan fingerprint density at radius 1 is 1.05 bits per heavy atom. The number of hydrogen-bond donors (Lipinski definition) is 1. The van der Waals surface area contributed by atoms with Gasteiger partial charge in [-0.25, -0.2) is 4.39 Å². The van der Waals surface area contributed by atoms with Crippen LogP contribution >= 0.6 is 0 Å². The number of benzene rings is 2. The first-order valence-electron chi connectivity index (χ1n) is 7.49. The first kappa shape index (κ1) is 14.1. The summed E-state index contributed by atoms with van der Waals surface area (Å²) in [5.74, 6) is 1.30. The zero-order valence-electron chi connectivity index (χ0n) is 12.3. The summed E-state index contributed by atoms with van der Waals surface area (Å²) in [4.78, 5) is 0. The summed E-state index contributed by atoms with van der Waals surface area (Å²) in [5, 5.41) is 3.04. The van der Waals surface area contributed by atoms with E-state index in [0.717, 1.165) is 24.2 Å². The van der Waals surface area contributed by atoms with E-state index < -0.39 is 0 Å². The van der Waals surface area contributed by atoms with Crippen LogP contribution in [0.5, 0.6) is 11.5 Å². The van der Waals surface area contributed by atoms with Crippen LogP contribution < -0.4 is 10.1 Å². The monoisotopic (exact) mass is 285 g/mol. The number of aryl methyl sites for hydroxylation is 2. The molecule has 0 saturated carbocycles. The van der Waals surface area contributed by atoms with Gasteiger partial charge in [0.15, 0.2) is 0 Å². The summed E-state index contributed by atoms with van der Waals surface area (Å²) in [6.07, 6.45) is 4.81. The van der Waals surface area contributed by atoms with Gasteiger partial charge < -0.3 is 10.1 Å². The van der Waals surface area contributed by atoms with Crippen molar-refractivity contribution in [3.63, 3.8) is 0 Å². The summed E-state index contributed by atoms with van der Waals surface area (Å²) in [7, 11) is 1.84. The fourth-order valence-electron chi connectivity index (χ4n) is 2.88. The standard InChI is InChI=1S/C18H20FNO/c1-20-12-15-10-16(19)7-9-18(15)21-17-8-6-13-4-2-3-5-14(13)11-17/h6-11,20H,2-5,12H2,1H3. The van der Waals surface area contributed by atoms with E-state index in [1.165, 1.54) is 36.1 Å². The van der Waals surface area contributed by atoms with Gasteiger partial charge in [-0.15, -0.1) is 0 Å². The fraction of sp³-hybridized carbons (Fsp3) is 0.333. The Morgan fingerprint density at radius 2 is 1.86 bits per heavy atom. The highest BCUT2D eigenvalue weighted by Crippen LogP contribution is 2.30. The Bertz CT molecular complexity index is 639. The molecule has 0 spiro atoms. The van der Waals surface area contributed by atoms with Crippen LogP contribution in [0.1, 0.15) is 29.5 Å². The molecule has 2 nitrogen and oxygen atoms in total. The molecule has 0 amide bonds. The molecular weight excluding hydrogens is 265 g/mol. The number of hydrogen-bond acceptors (Lipinski definition) is 2. The van der Waals surface area contributed by atoms with Gasteiger partial charge >= 0.3 is 0 Å². The lowest BCUT2D eigenvalue weighted by molar-refractivity contribution is 0.470. The van der Waals surface area contributed by atoms with Crippen LogP contribution in [0.15, 0.2) is 36.4 Å². The number of nitrogens with one attached hydrogen (secondary N) is 1. The van der Waals surface area contributed by atoms with Crippen molar-refractivity contribution in [3.8, 4) is 11.5 Å². The van der Waals surface area contributed by atoms with E-state index in [1.807, 2.05) is 13.1 Å². The van der Waals surface area contributed by atoms with E-state index in [0.29, 0.717) is 12.3 Å². The molecule has 0 fully saturated rings. The van der Waals surface area contributed by atoms with Crippen LogP contribution in [-0.2, 0) is 19.4 Å². The van der Waals surface area contributed by atoms with E-state index in [-0.39, 0.29) is 5.82 Å². The second kappa shape index (κ2) is 6.27. The highest BCUT2D eigenvalue weighted by Gasteiger charge is 2.11. The predicted molar refractivity (Wildman–Crippen MR) is 82.3 cm³/mol. The third-order valence-electron chi connectivity index (χ3n) is 3.94. The second-order valence-corrected chi connectivity index (χ2v) is 5.52. The van der Waals surface area contributed by atoms with Crippen LogP contribution in [0, 0.1) is 5.82 Å². The molecule has 0 aromatic heterocycles. The van der Waals surface area contributed by atoms with Crippen molar-refractivity contribution < 1.29 is 9.13 Å². The van der Waals surface area contributed by atoms with Crippen molar-refractivity contribution in [2.75, 3.05) is 7.05 Å². The zero-order valence-corrected chi connectivity index (χ0v) is 12.3. The van der Waals surface area contributed by atoms with Crippen LogP contribution in [0.3, 0.4) is 0 Å². The molecule has 0 atom stereocenters. The molecule has 3 heteroatoms. The Morgan fingerprint density at radius 3 is 2.67 bits per heavy atom. The van der Waals surface area contributed by atoms with E-state index in [4.69, 9.17) is 4.74 Å². The van der Waals surface area contributed by atoms with Crippen molar-refractivity contribution in [2.24, 2.45) is 0 Å². The molecule has 2 aromatic carbocycles. The smallest absolute Gasteiger partial charge is 0.132 e. The van der Waals surface area contributed by atoms with Crippen molar-refractivity contribution in [1.29, 1.82) is 0 Å². The van der Waals surface area contributed by atoms with Gasteiger partial charge in [-0.2, -0.15) is 0 Å². The summed E-state index contributed by atoms with van der Waals surface area (Å²) < 4.78 is 19.3.